The molecule has 0 amide bonds. The maximum absolute atomic E-state index is 12.1. The second-order valence-electron chi connectivity index (χ2n) is 6.49. The molecule has 0 atom stereocenters. The van der Waals surface area contributed by atoms with Crippen LogP contribution < -0.4 is 16.8 Å². The molecule has 2 heterocycles. The number of ether oxygens (including phenoxy) is 1. The quantitative estimate of drug-likeness (QED) is 0.343. The molecular formula is C20H19F3N8O2. The number of para-hydroxylation sites is 1. The molecule has 0 aliphatic heterocycles. The van der Waals surface area contributed by atoms with Crippen LogP contribution in [0.5, 0.6) is 0 Å². The maximum Gasteiger partial charge on any atom is 0.411 e. The van der Waals surface area contributed by atoms with Gasteiger partial charge in [0.25, 0.3) is 5.89 Å². The monoisotopic (exact) mass is 460 g/mol. The first kappa shape index (κ1) is 23.4. The van der Waals surface area contributed by atoms with Gasteiger partial charge in [-0.15, -0.1) is 0 Å². The number of amidine groups is 1. The zero-order chi connectivity index (χ0) is 23.8. The Morgan fingerprint density at radius 2 is 1.88 bits per heavy atom. The molecule has 3 aromatic rings. The maximum atomic E-state index is 12.1. The Morgan fingerprint density at radius 1 is 1.12 bits per heavy atom. The van der Waals surface area contributed by atoms with Crippen molar-refractivity contribution in [3.05, 3.63) is 72.4 Å². The number of guanidine groups is 1. The number of nitrogens with zero attached hydrogens (tertiary/aromatic N) is 5. The Kier molecular flexibility index (Phi) is 7.35. The minimum atomic E-state index is -4.39. The van der Waals surface area contributed by atoms with Crippen LogP contribution in [0.3, 0.4) is 0 Å². The first-order chi connectivity index (χ1) is 15.7. The second kappa shape index (κ2) is 10.4. The normalized spacial score (nSPS) is 12.6. The largest absolute Gasteiger partial charge is 0.411 e. The molecule has 2 aromatic heterocycles. The summed E-state index contributed by atoms with van der Waals surface area (Å²) in [4.78, 5) is 16.1. The standard InChI is InChI=1S/C20H19F3N8O2/c1-12(27-14-5-3-2-4-6-14)28-19(25)29-16(24)17-30-18(33-31-17)15-8-7-13(9-26-15)10-32-11-20(21,22)23/h2-9,27H,1,10-11H2,(H4,24,25,28,29). The average molecular weight is 460 g/mol. The van der Waals surface area contributed by atoms with Crippen molar-refractivity contribution in [2.24, 2.45) is 21.5 Å². The molecule has 0 aliphatic carbocycles. The smallest absolute Gasteiger partial charge is 0.380 e. The highest BCUT2D eigenvalue weighted by Crippen LogP contribution is 2.17. The molecule has 10 nitrogen and oxygen atoms in total. The zero-order valence-corrected chi connectivity index (χ0v) is 17.1. The number of aliphatic imine (C=N–C) groups is 2. The zero-order valence-electron chi connectivity index (χ0n) is 17.1. The van der Waals surface area contributed by atoms with E-state index < -0.39 is 12.8 Å². The summed E-state index contributed by atoms with van der Waals surface area (Å²) < 4.78 is 46.1. The molecule has 3 rings (SSSR count). The number of pyridine rings is 1. The van der Waals surface area contributed by atoms with Gasteiger partial charge in [-0.25, -0.2) is 0 Å². The van der Waals surface area contributed by atoms with Crippen molar-refractivity contribution < 1.29 is 22.4 Å². The van der Waals surface area contributed by atoms with Gasteiger partial charge in [-0.3, -0.25) is 4.98 Å². The summed E-state index contributed by atoms with van der Waals surface area (Å²) in [5, 5.41) is 6.65. The summed E-state index contributed by atoms with van der Waals surface area (Å²) in [6, 6.07) is 12.2. The number of benzene rings is 1. The summed E-state index contributed by atoms with van der Waals surface area (Å²) in [6.07, 6.45) is -3.06. The van der Waals surface area contributed by atoms with Crippen molar-refractivity contribution in [1.29, 1.82) is 0 Å². The summed E-state index contributed by atoms with van der Waals surface area (Å²) in [5.41, 5.74) is 13.1. The molecule has 0 aliphatic rings. The van der Waals surface area contributed by atoms with Gasteiger partial charge in [-0.05, 0) is 23.8 Å². The summed E-state index contributed by atoms with van der Waals surface area (Å²) in [5.74, 6) is -0.127. The van der Waals surface area contributed by atoms with Crippen LogP contribution in [0.2, 0.25) is 0 Å². The SMILES string of the molecule is C=C(/N=C(N)\N=C(/N)c1noc(-c2ccc(COCC(F)(F)F)cn2)n1)Nc1ccccc1. The predicted molar refractivity (Wildman–Crippen MR) is 115 cm³/mol. The minimum absolute atomic E-state index is 0.0246. The van der Waals surface area contributed by atoms with E-state index in [1.165, 1.54) is 18.3 Å². The molecular weight excluding hydrogens is 441 g/mol. The van der Waals surface area contributed by atoms with Gasteiger partial charge in [0.15, 0.2) is 5.84 Å². The average Bonchev–Trinajstić information content (AvgIpc) is 3.24. The van der Waals surface area contributed by atoms with E-state index in [1.807, 2.05) is 30.3 Å². The molecule has 33 heavy (non-hydrogen) atoms. The van der Waals surface area contributed by atoms with Gasteiger partial charge in [-0.2, -0.15) is 28.1 Å². The fourth-order valence-electron chi connectivity index (χ4n) is 2.41. The topological polar surface area (TPSA) is 150 Å². The van der Waals surface area contributed by atoms with Gasteiger partial charge in [0.05, 0.1) is 6.61 Å². The van der Waals surface area contributed by atoms with Crippen LogP contribution in [0.4, 0.5) is 18.9 Å². The second-order valence-corrected chi connectivity index (χ2v) is 6.49. The van der Waals surface area contributed by atoms with Crippen LogP contribution in [-0.4, -0.2) is 39.7 Å². The molecule has 0 spiro atoms. The molecule has 0 saturated carbocycles. The lowest BCUT2D eigenvalue weighted by molar-refractivity contribution is -0.176. The lowest BCUT2D eigenvalue weighted by atomic mass is 10.2. The van der Waals surface area contributed by atoms with Crippen molar-refractivity contribution in [1.82, 2.24) is 15.1 Å². The molecule has 0 fully saturated rings. The molecule has 0 radical (unpaired) electrons. The van der Waals surface area contributed by atoms with E-state index in [4.69, 9.17) is 16.0 Å². The first-order valence-corrected chi connectivity index (χ1v) is 9.33. The van der Waals surface area contributed by atoms with Crippen molar-refractivity contribution >= 4 is 17.5 Å². The van der Waals surface area contributed by atoms with Crippen molar-refractivity contribution in [3.63, 3.8) is 0 Å². The van der Waals surface area contributed by atoms with Crippen LogP contribution in [0.25, 0.3) is 11.6 Å². The van der Waals surface area contributed by atoms with Gasteiger partial charge in [0, 0.05) is 11.9 Å². The van der Waals surface area contributed by atoms with E-state index in [0.29, 0.717) is 5.56 Å². The van der Waals surface area contributed by atoms with E-state index in [2.05, 4.69) is 41.7 Å². The number of halogens is 3. The summed E-state index contributed by atoms with van der Waals surface area (Å²) in [6.45, 7) is 2.15. The molecule has 0 bridgehead atoms. The lowest BCUT2D eigenvalue weighted by Gasteiger charge is -2.07. The molecule has 1 aromatic carbocycles. The van der Waals surface area contributed by atoms with Gasteiger partial charge in [0.1, 0.15) is 18.1 Å². The van der Waals surface area contributed by atoms with Crippen LogP contribution in [0.15, 0.2) is 75.6 Å². The number of alkyl halides is 3. The number of nitrogens with one attached hydrogen (secondary N) is 1. The Bertz CT molecular complexity index is 1140. The highest BCUT2D eigenvalue weighted by molar-refractivity contribution is 6.02. The third-order valence-corrected chi connectivity index (χ3v) is 3.78. The summed E-state index contributed by atoms with van der Waals surface area (Å²) in [7, 11) is 0. The number of rotatable bonds is 8. The number of hydrogen-bond donors (Lipinski definition) is 3. The molecule has 0 unspecified atom stereocenters. The summed E-state index contributed by atoms with van der Waals surface area (Å²) >= 11 is 0. The Hall–Kier alpha value is -4.26. The van der Waals surface area contributed by atoms with Crippen LogP contribution in [-0.2, 0) is 11.3 Å². The van der Waals surface area contributed by atoms with Gasteiger partial charge in [-0.1, -0.05) is 36.0 Å². The van der Waals surface area contributed by atoms with E-state index in [9.17, 15) is 13.2 Å². The number of anilines is 1. The van der Waals surface area contributed by atoms with Crippen molar-refractivity contribution in [3.8, 4) is 11.6 Å². The van der Waals surface area contributed by atoms with Gasteiger partial charge in [0.2, 0.25) is 11.8 Å². The van der Waals surface area contributed by atoms with Gasteiger partial charge >= 0.3 is 6.18 Å². The van der Waals surface area contributed by atoms with Crippen LogP contribution >= 0.6 is 0 Å². The van der Waals surface area contributed by atoms with Crippen LogP contribution in [0, 0.1) is 0 Å². The van der Waals surface area contributed by atoms with E-state index in [0.717, 1.165) is 5.69 Å². The number of hydrogen-bond acceptors (Lipinski definition) is 7. The van der Waals surface area contributed by atoms with Crippen molar-refractivity contribution in [2.45, 2.75) is 12.8 Å². The van der Waals surface area contributed by atoms with E-state index in [1.54, 1.807) is 0 Å². The third kappa shape index (κ3) is 7.43. The molecule has 0 saturated heterocycles. The Balaban J connectivity index is 1.61. The first-order valence-electron chi connectivity index (χ1n) is 9.33. The van der Waals surface area contributed by atoms with Crippen molar-refractivity contribution in [2.75, 3.05) is 11.9 Å². The van der Waals surface area contributed by atoms with E-state index >= 15 is 0 Å². The lowest BCUT2D eigenvalue weighted by Crippen LogP contribution is -2.21. The van der Waals surface area contributed by atoms with Gasteiger partial charge < -0.3 is 26.0 Å². The fraction of sp³-hybridized carbons (Fsp3) is 0.150. The minimum Gasteiger partial charge on any atom is -0.380 e. The molecule has 5 N–H and O–H groups in total. The highest BCUT2D eigenvalue weighted by Gasteiger charge is 2.27. The fourth-order valence-corrected chi connectivity index (χ4v) is 2.41. The Labute approximate surface area is 185 Å². The Morgan fingerprint density at radius 3 is 2.55 bits per heavy atom. The third-order valence-electron chi connectivity index (χ3n) is 3.78. The van der Waals surface area contributed by atoms with Crippen LogP contribution in [0.1, 0.15) is 11.4 Å². The number of nitrogens with two attached hydrogens (primary N) is 2. The molecule has 172 valence electrons. The van der Waals surface area contributed by atoms with E-state index in [-0.39, 0.29) is 41.6 Å². The number of aromatic nitrogens is 3. The molecule has 13 heteroatoms. The predicted octanol–water partition coefficient (Wildman–Crippen LogP) is 2.81. The highest BCUT2D eigenvalue weighted by atomic mass is 19.4.